The van der Waals surface area contributed by atoms with Gasteiger partial charge in [0.05, 0.1) is 11.7 Å². The number of phenols is 1. The fraction of sp³-hybridized carbons (Fsp3) is 0.462. The van der Waals surface area contributed by atoms with Crippen LogP contribution in [-0.4, -0.2) is 40.2 Å². The maximum absolute atomic E-state index is 13.6. The van der Waals surface area contributed by atoms with Gasteiger partial charge in [-0.3, -0.25) is 4.79 Å². The Bertz CT molecular complexity index is 462. The fourth-order valence-electron chi connectivity index (χ4n) is 2.21. The number of carbonyl (C=O) groups is 1. The van der Waals surface area contributed by atoms with E-state index >= 15 is 0 Å². The van der Waals surface area contributed by atoms with Gasteiger partial charge < -0.3 is 15.1 Å². The Balaban J connectivity index is 2.13. The van der Waals surface area contributed by atoms with Crippen molar-refractivity contribution in [1.82, 2.24) is 4.90 Å². The predicted octanol–water partition coefficient (Wildman–Crippen LogP) is 1.37. The quantitative estimate of drug-likeness (QED) is 0.837. The van der Waals surface area contributed by atoms with Crippen LogP contribution in [0.3, 0.4) is 0 Å². The number of rotatable bonds is 2. The van der Waals surface area contributed by atoms with E-state index in [1.54, 1.807) is 6.92 Å². The average molecular weight is 253 g/mol. The molecule has 0 bridgehead atoms. The van der Waals surface area contributed by atoms with Crippen molar-refractivity contribution >= 4 is 5.91 Å². The van der Waals surface area contributed by atoms with E-state index < -0.39 is 17.8 Å². The molecule has 1 aromatic rings. The number of aliphatic hydroxyl groups is 1. The zero-order valence-electron chi connectivity index (χ0n) is 10.1. The van der Waals surface area contributed by atoms with Gasteiger partial charge in [-0.2, -0.15) is 0 Å². The minimum atomic E-state index is -0.722. The van der Waals surface area contributed by atoms with E-state index in [9.17, 15) is 14.3 Å². The van der Waals surface area contributed by atoms with Gasteiger partial charge in [0.25, 0.3) is 5.91 Å². The molecule has 18 heavy (non-hydrogen) atoms. The van der Waals surface area contributed by atoms with Crippen LogP contribution in [0.25, 0.3) is 0 Å². The van der Waals surface area contributed by atoms with E-state index in [0.717, 1.165) is 12.5 Å². The Hall–Kier alpha value is -1.62. The summed E-state index contributed by atoms with van der Waals surface area (Å²) in [6.45, 7) is 2.66. The van der Waals surface area contributed by atoms with Crippen LogP contribution in [0.4, 0.5) is 4.39 Å². The van der Waals surface area contributed by atoms with Gasteiger partial charge in [-0.15, -0.1) is 0 Å². The van der Waals surface area contributed by atoms with Crippen LogP contribution in [0, 0.1) is 11.7 Å². The summed E-state index contributed by atoms with van der Waals surface area (Å²) < 4.78 is 13.6. The molecule has 4 nitrogen and oxygen atoms in total. The molecule has 0 aromatic heterocycles. The molecule has 2 N–H and O–H groups in total. The largest absolute Gasteiger partial charge is 0.508 e. The van der Waals surface area contributed by atoms with Crippen molar-refractivity contribution in [2.75, 3.05) is 13.1 Å². The van der Waals surface area contributed by atoms with Crippen LogP contribution in [0.2, 0.25) is 0 Å². The number of nitrogens with zero attached hydrogens (tertiary/aromatic N) is 1. The lowest BCUT2D eigenvalue weighted by Crippen LogP contribution is -2.31. The predicted molar refractivity (Wildman–Crippen MR) is 63.8 cm³/mol. The lowest BCUT2D eigenvalue weighted by atomic mass is 10.0. The van der Waals surface area contributed by atoms with Gasteiger partial charge in [0.1, 0.15) is 11.6 Å². The van der Waals surface area contributed by atoms with E-state index in [2.05, 4.69) is 0 Å². The highest BCUT2D eigenvalue weighted by Gasteiger charge is 2.30. The van der Waals surface area contributed by atoms with E-state index in [1.807, 2.05) is 0 Å². The molecule has 5 heteroatoms. The standard InChI is InChI=1S/C13H16FNO3/c1-8(16)9-4-5-15(7-9)13(18)11-3-2-10(17)6-12(11)14/h2-3,6,8-9,16-17H,4-5,7H2,1H3. The molecular weight excluding hydrogens is 237 g/mol. The van der Waals surface area contributed by atoms with Gasteiger partial charge in [0, 0.05) is 25.1 Å². The molecule has 1 heterocycles. The van der Waals surface area contributed by atoms with E-state index in [-0.39, 0.29) is 17.2 Å². The minimum absolute atomic E-state index is 0.0426. The summed E-state index contributed by atoms with van der Waals surface area (Å²) in [6, 6.07) is 3.50. The molecule has 1 aromatic carbocycles. The maximum atomic E-state index is 13.6. The number of aliphatic hydroxyl groups excluding tert-OH is 1. The van der Waals surface area contributed by atoms with Crippen molar-refractivity contribution in [3.05, 3.63) is 29.6 Å². The van der Waals surface area contributed by atoms with Crippen LogP contribution in [0.5, 0.6) is 5.75 Å². The number of likely N-dealkylation sites (tertiary alicyclic amines) is 1. The molecule has 1 aliphatic heterocycles. The highest BCUT2D eigenvalue weighted by Crippen LogP contribution is 2.23. The number of phenolic OH excluding ortho intramolecular Hbond substituents is 1. The molecule has 1 amide bonds. The molecule has 0 radical (unpaired) electrons. The summed E-state index contributed by atoms with van der Waals surface area (Å²) in [6.07, 6.45) is 0.260. The highest BCUT2D eigenvalue weighted by molar-refractivity contribution is 5.94. The van der Waals surface area contributed by atoms with Crippen LogP contribution < -0.4 is 0 Å². The Morgan fingerprint density at radius 3 is 2.83 bits per heavy atom. The Morgan fingerprint density at radius 1 is 1.56 bits per heavy atom. The number of aromatic hydroxyl groups is 1. The summed E-state index contributed by atoms with van der Waals surface area (Å²) in [5.41, 5.74) is -0.0426. The summed E-state index contributed by atoms with van der Waals surface area (Å²) in [5.74, 6) is -1.27. The van der Waals surface area contributed by atoms with Gasteiger partial charge in [-0.25, -0.2) is 4.39 Å². The first kappa shape index (κ1) is 12.8. The van der Waals surface area contributed by atoms with E-state index in [4.69, 9.17) is 5.11 Å². The number of hydrogen-bond acceptors (Lipinski definition) is 3. The fourth-order valence-corrected chi connectivity index (χ4v) is 2.21. The molecule has 2 atom stereocenters. The molecule has 1 saturated heterocycles. The average Bonchev–Trinajstić information content (AvgIpc) is 2.77. The van der Waals surface area contributed by atoms with Crippen LogP contribution >= 0.6 is 0 Å². The van der Waals surface area contributed by atoms with Gasteiger partial charge >= 0.3 is 0 Å². The summed E-state index contributed by atoms with van der Waals surface area (Å²) in [5, 5.41) is 18.6. The third-order valence-electron chi connectivity index (χ3n) is 3.38. The van der Waals surface area contributed by atoms with Crippen molar-refractivity contribution < 1.29 is 19.4 Å². The number of hydrogen-bond donors (Lipinski definition) is 2. The lowest BCUT2D eigenvalue weighted by molar-refractivity contribution is 0.0758. The second kappa shape index (κ2) is 4.94. The monoisotopic (exact) mass is 253 g/mol. The molecule has 1 aliphatic rings. The lowest BCUT2D eigenvalue weighted by Gasteiger charge is -2.18. The first-order valence-electron chi connectivity index (χ1n) is 5.95. The number of benzene rings is 1. The van der Waals surface area contributed by atoms with Gasteiger partial charge in [0.15, 0.2) is 0 Å². The zero-order chi connectivity index (χ0) is 13.3. The van der Waals surface area contributed by atoms with E-state index in [1.165, 1.54) is 17.0 Å². The van der Waals surface area contributed by atoms with Gasteiger partial charge in [0.2, 0.25) is 0 Å². The topological polar surface area (TPSA) is 60.8 Å². The summed E-state index contributed by atoms with van der Waals surface area (Å²) in [4.78, 5) is 13.6. The first-order valence-corrected chi connectivity index (χ1v) is 5.95. The molecule has 0 saturated carbocycles. The van der Waals surface area contributed by atoms with Crippen molar-refractivity contribution in [1.29, 1.82) is 0 Å². The summed E-state index contributed by atoms with van der Waals surface area (Å²) in [7, 11) is 0. The smallest absolute Gasteiger partial charge is 0.256 e. The van der Waals surface area contributed by atoms with Crippen molar-refractivity contribution in [2.24, 2.45) is 5.92 Å². The van der Waals surface area contributed by atoms with Crippen LogP contribution in [0.15, 0.2) is 18.2 Å². The Labute approximate surface area is 105 Å². The molecule has 98 valence electrons. The van der Waals surface area contributed by atoms with Crippen molar-refractivity contribution in [3.8, 4) is 5.75 Å². The molecule has 1 fully saturated rings. The van der Waals surface area contributed by atoms with Crippen LogP contribution in [-0.2, 0) is 0 Å². The SMILES string of the molecule is CC(O)C1CCN(C(=O)c2ccc(O)cc2F)C1. The highest BCUT2D eigenvalue weighted by atomic mass is 19.1. The molecule has 2 rings (SSSR count). The van der Waals surface area contributed by atoms with Crippen molar-refractivity contribution in [3.63, 3.8) is 0 Å². The Morgan fingerprint density at radius 2 is 2.28 bits per heavy atom. The minimum Gasteiger partial charge on any atom is -0.508 e. The second-order valence-corrected chi connectivity index (χ2v) is 4.70. The third kappa shape index (κ3) is 2.46. The van der Waals surface area contributed by atoms with E-state index in [0.29, 0.717) is 13.1 Å². The van der Waals surface area contributed by atoms with Gasteiger partial charge in [-0.1, -0.05) is 0 Å². The zero-order valence-corrected chi connectivity index (χ0v) is 10.1. The van der Waals surface area contributed by atoms with Gasteiger partial charge in [-0.05, 0) is 25.5 Å². The number of carbonyl (C=O) groups excluding carboxylic acids is 1. The molecule has 0 aliphatic carbocycles. The summed E-state index contributed by atoms with van der Waals surface area (Å²) >= 11 is 0. The first-order chi connectivity index (χ1) is 8.49. The van der Waals surface area contributed by atoms with Crippen molar-refractivity contribution in [2.45, 2.75) is 19.4 Å². The molecule has 2 unspecified atom stereocenters. The Kier molecular flexibility index (Phi) is 3.52. The third-order valence-corrected chi connectivity index (χ3v) is 3.38. The molecular formula is C13H16FNO3. The number of halogens is 1. The number of amides is 1. The molecule has 0 spiro atoms. The maximum Gasteiger partial charge on any atom is 0.256 e. The van der Waals surface area contributed by atoms with Crippen LogP contribution in [0.1, 0.15) is 23.7 Å². The second-order valence-electron chi connectivity index (χ2n) is 4.70. The normalized spacial score (nSPS) is 21.1.